The van der Waals surface area contributed by atoms with Gasteiger partial charge in [0.15, 0.2) is 0 Å². The molecule has 1 aliphatic rings. The zero-order valence-corrected chi connectivity index (χ0v) is 12.0. The second-order valence-corrected chi connectivity index (χ2v) is 7.58. The molecule has 3 unspecified atom stereocenters. The number of hydrogen-bond acceptors (Lipinski definition) is 1. The fraction of sp³-hybridized carbons (Fsp3) is 0.667. The topological polar surface area (TPSA) is 0 Å². The summed E-state index contributed by atoms with van der Waals surface area (Å²) in [5.41, 5.74) is 0. The van der Waals surface area contributed by atoms with E-state index in [9.17, 15) is 0 Å². The molecule has 0 saturated heterocycles. The van der Waals surface area contributed by atoms with Gasteiger partial charge in [-0.3, -0.25) is 0 Å². The van der Waals surface area contributed by atoms with Crippen LogP contribution in [0.5, 0.6) is 0 Å². The molecule has 0 N–H and O–H groups in total. The molecule has 0 nitrogen and oxygen atoms in total. The van der Waals surface area contributed by atoms with Crippen LogP contribution in [-0.2, 0) is 6.42 Å². The summed E-state index contributed by atoms with van der Waals surface area (Å²) in [7, 11) is 0. The summed E-state index contributed by atoms with van der Waals surface area (Å²) in [4.78, 5) is 2.14. The highest BCUT2D eigenvalue weighted by Crippen LogP contribution is 2.37. The molecule has 0 aliphatic heterocycles. The molecule has 2 rings (SSSR count). The maximum Gasteiger partial charge on any atom is 0.0931 e. The van der Waals surface area contributed by atoms with E-state index in [1.165, 1.54) is 30.6 Å². The molecule has 1 heterocycles. The first-order valence-electron chi connectivity index (χ1n) is 5.53. The Morgan fingerprint density at radius 3 is 2.93 bits per heavy atom. The van der Waals surface area contributed by atoms with E-state index in [1.807, 2.05) is 6.07 Å². The first-order valence-corrected chi connectivity index (χ1v) is 7.64. The van der Waals surface area contributed by atoms with Gasteiger partial charge in [0.05, 0.1) is 4.34 Å². The van der Waals surface area contributed by atoms with Crippen LogP contribution in [0.15, 0.2) is 12.1 Å². The lowest BCUT2D eigenvalue weighted by Crippen LogP contribution is -2.25. The van der Waals surface area contributed by atoms with Crippen LogP contribution in [0.1, 0.15) is 31.1 Å². The van der Waals surface area contributed by atoms with Gasteiger partial charge in [-0.05, 0) is 49.7 Å². The SMILES string of the molecule is CC1CCC(Br)C(Cc2ccc(Cl)s2)C1. The van der Waals surface area contributed by atoms with Crippen LogP contribution in [-0.4, -0.2) is 4.83 Å². The van der Waals surface area contributed by atoms with Gasteiger partial charge in [0.25, 0.3) is 0 Å². The van der Waals surface area contributed by atoms with E-state index >= 15 is 0 Å². The fourth-order valence-electron chi connectivity index (χ4n) is 2.39. The Bertz CT molecular complexity index is 323. The van der Waals surface area contributed by atoms with Gasteiger partial charge in [-0.1, -0.05) is 34.5 Å². The summed E-state index contributed by atoms with van der Waals surface area (Å²) in [5, 5.41) is 0. The predicted molar refractivity (Wildman–Crippen MR) is 72.3 cm³/mol. The van der Waals surface area contributed by atoms with Gasteiger partial charge in [0.1, 0.15) is 0 Å². The Morgan fingerprint density at radius 2 is 2.27 bits per heavy atom. The van der Waals surface area contributed by atoms with Crippen molar-refractivity contribution in [2.75, 3.05) is 0 Å². The van der Waals surface area contributed by atoms with E-state index in [4.69, 9.17) is 11.6 Å². The number of thiophene rings is 1. The van der Waals surface area contributed by atoms with E-state index in [0.29, 0.717) is 4.83 Å². The second-order valence-electron chi connectivity index (χ2n) is 4.60. The van der Waals surface area contributed by atoms with Gasteiger partial charge in [0, 0.05) is 9.70 Å². The van der Waals surface area contributed by atoms with Crippen LogP contribution in [0, 0.1) is 11.8 Å². The van der Waals surface area contributed by atoms with E-state index in [1.54, 1.807) is 11.3 Å². The van der Waals surface area contributed by atoms with E-state index in [0.717, 1.165) is 16.2 Å². The molecule has 15 heavy (non-hydrogen) atoms. The van der Waals surface area contributed by atoms with Gasteiger partial charge in [-0.15, -0.1) is 11.3 Å². The molecule has 1 aromatic rings. The van der Waals surface area contributed by atoms with Crippen molar-refractivity contribution >= 4 is 38.9 Å². The van der Waals surface area contributed by atoms with Crippen LogP contribution < -0.4 is 0 Å². The maximum absolute atomic E-state index is 5.95. The highest BCUT2D eigenvalue weighted by Gasteiger charge is 2.27. The molecule has 0 spiro atoms. The van der Waals surface area contributed by atoms with E-state index in [-0.39, 0.29) is 0 Å². The van der Waals surface area contributed by atoms with Crippen molar-refractivity contribution in [2.24, 2.45) is 11.8 Å². The third kappa shape index (κ3) is 3.21. The van der Waals surface area contributed by atoms with E-state index < -0.39 is 0 Å². The molecular weight excluding hydrogens is 292 g/mol. The van der Waals surface area contributed by atoms with Gasteiger partial charge < -0.3 is 0 Å². The average molecular weight is 308 g/mol. The van der Waals surface area contributed by atoms with Gasteiger partial charge in [-0.2, -0.15) is 0 Å². The Morgan fingerprint density at radius 1 is 1.47 bits per heavy atom. The highest BCUT2D eigenvalue weighted by molar-refractivity contribution is 9.09. The molecule has 3 heteroatoms. The largest absolute Gasteiger partial charge is 0.128 e. The lowest BCUT2D eigenvalue weighted by atomic mass is 9.80. The monoisotopic (exact) mass is 306 g/mol. The first kappa shape index (κ1) is 11.9. The molecule has 1 fully saturated rings. The van der Waals surface area contributed by atoms with Gasteiger partial charge in [0.2, 0.25) is 0 Å². The minimum Gasteiger partial charge on any atom is -0.128 e. The molecular formula is C12H16BrClS. The summed E-state index contributed by atoms with van der Waals surface area (Å²) in [6.45, 7) is 2.37. The Hall–Kier alpha value is 0.470. The third-order valence-electron chi connectivity index (χ3n) is 3.24. The smallest absolute Gasteiger partial charge is 0.0931 e. The molecule has 1 saturated carbocycles. The molecule has 0 bridgehead atoms. The summed E-state index contributed by atoms with van der Waals surface area (Å²) in [6.07, 6.45) is 5.24. The maximum atomic E-state index is 5.95. The normalized spacial score (nSPS) is 31.8. The molecule has 0 aromatic carbocycles. The summed E-state index contributed by atoms with van der Waals surface area (Å²) >= 11 is 11.5. The summed E-state index contributed by atoms with van der Waals surface area (Å²) in [5.74, 6) is 1.68. The standard InChI is InChI=1S/C12H16BrClS/c1-8-2-4-11(13)9(6-8)7-10-3-5-12(14)15-10/h3,5,8-9,11H,2,4,6-7H2,1H3. The molecule has 84 valence electrons. The minimum atomic E-state index is 0.703. The van der Waals surface area contributed by atoms with Crippen molar-refractivity contribution in [3.05, 3.63) is 21.3 Å². The second kappa shape index (κ2) is 5.20. The minimum absolute atomic E-state index is 0.703. The highest BCUT2D eigenvalue weighted by atomic mass is 79.9. The lowest BCUT2D eigenvalue weighted by molar-refractivity contribution is 0.295. The summed E-state index contributed by atoms with van der Waals surface area (Å²) in [6, 6.07) is 4.18. The van der Waals surface area contributed by atoms with Crippen molar-refractivity contribution in [3.63, 3.8) is 0 Å². The number of alkyl halides is 1. The molecule has 0 amide bonds. The third-order valence-corrected chi connectivity index (χ3v) is 5.70. The van der Waals surface area contributed by atoms with Crippen molar-refractivity contribution in [2.45, 2.75) is 37.4 Å². The quantitative estimate of drug-likeness (QED) is 0.663. The van der Waals surface area contributed by atoms with Crippen LogP contribution in [0.4, 0.5) is 0 Å². The molecule has 0 radical (unpaired) electrons. The predicted octanol–water partition coefficient (Wildman–Crippen LogP) is 5.14. The lowest BCUT2D eigenvalue weighted by Gasteiger charge is -2.31. The fourth-order valence-corrected chi connectivity index (χ4v) is 4.24. The first-order chi connectivity index (χ1) is 7.15. The zero-order valence-electron chi connectivity index (χ0n) is 8.88. The number of rotatable bonds is 2. The van der Waals surface area contributed by atoms with Crippen LogP contribution in [0.3, 0.4) is 0 Å². The summed E-state index contributed by atoms with van der Waals surface area (Å²) < 4.78 is 0.917. The number of hydrogen-bond donors (Lipinski definition) is 0. The van der Waals surface area contributed by atoms with Crippen molar-refractivity contribution in [3.8, 4) is 0 Å². The Kier molecular flexibility index (Phi) is 4.14. The van der Waals surface area contributed by atoms with Crippen molar-refractivity contribution in [1.82, 2.24) is 0 Å². The van der Waals surface area contributed by atoms with E-state index in [2.05, 4.69) is 28.9 Å². The molecule has 1 aromatic heterocycles. The van der Waals surface area contributed by atoms with Crippen molar-refractivity contribution in [1.29, 1.82) is 0 Å². The number of halogens is 2. The zero-order chi connectivity index (χ0) is 10.8. The van der Waals surface area contributed by atoms with Gasteiger partial charge >= 0.3 is 0 Å². The molecule has 1 aliphatic carbocycles. The van der Waals surface area contributed by atoms with Crippen LogP contribution in [0.25, 0.3) is 0 Å². The molecule has 3 atom stereocenters. The Labute approximate surface area is 109 Å². The van der Waals surface area contributed by atoms with Crippen molar-refractivity contribution < 1.29 is 0 Å². The average Bonchev–Trinajstić information content (AvgIpc) is 2.58. The Balaban J connectivity index is 1.98. The van der Waals surface area contributed by atoms with Gasteiger partial charge in [-0.25, -0.2) is 0 Å². The van der Waals surface area contributed by atoms with Crippen LogP contribution >= 0.6 is 38.9 Å². The van der Waals surface area contributed by atoms with Crippen LogP contribution in [0.2, 0.25) is 4.34 Å².